The molecule has 1 heterocycles. The van der Waals surface area contributed by atoms with E-state index in [0.717, 1.165) is 11.1 Å². The van der Waals surface area contributed by atoms with Crippen molar-refractivity contribution in [1.82, 2.24) is 4.98 Å². The Labute approximate surface area is 122 Å². The van der Waals surface area contributed by atoms with Crippen LogP contribution in [0.3, 0.4) is 0 Å². The highest BCUT2D eigenvalue weighted by Crippen LogP contribution is 2.26. The third-order valence-corrected chi connectivity index (χ3v) is 3.02. The Morgan fingerprint density at radius 2 is 2.19 bits per heavy atom. The first-order valence-electron chi connectivity index (χ1n) is 6.32. The topological polar surface area (TPSA) is 83.1 Å². The van der Waals surface area contributed by atoms with Crippen LogP contribution in [0.2, 0.25) is 0 Å². The highest BCUT2D eigenvalue weighted by Gasteiger charge is 2.19. The second-order valence-corrected chi connectivity index (χ2v) is 4.78. The molecule has 0 fully saturated rings. The van der Waals surface area contributed by atoms with E-state index in [1.54, 1.807) is 43.3 Å². The number of benzene rings is 1. The summed E-state index contributed by atoms with van der Waals surface area (Å²) in [6.07, 6.45) is 1.60. The first kappa shape index (κ1) is 14.5. The van der Waals surface area contributed by atoms with E-state index >= 15 is 0 Å². The zero-order valence-electron chi connectivity index (χ0n) is 11.8. The Hall–Kier alpha value is -2.94. The maximum atomic E-state index is 11.1. The number of hydrogen-bond acceptors (Lipinski definition) is 5. The second-order valence-electron chi connectivity index (χ2n) is 4.78. The predicted octanol–water partition coefficient (Wildman–Crippen LogP) is 2.81. The second kappa shape index (κ2) is 6.01. The van der Waals surface area contributed by atoms with Gasteiger partial charge in [0.15, 0.2) is 0 Å². The van der Waals surface area contributed by atoms with Gasteiger partial charge < -0.3 is 4.90 Å². The molecule has 1 aromatic heterocycles. The summed E-state index contributed by atoms with van der Waals surface area (Å²) in [7, 11) is 1.74. The van der Waals surface area contributed by atoms with Crippen molar-refractivity contribution in [3.8, 4) is 6.07 Å². The van der Waals surface area contributed by atoms with E-state index in [-0.39, 0.29) is 5.69 Å². The highest BCUT2D eigenvalue weighted by atomic mass is 16.6. The number of pyridine rings is 1. The Bertz CT molecular complexity index is 722. The van der Waals surface area contributed by atoms with E-state index in [4.69, 9.17) is 5.26 Å². The lowest BCUT2D eigenvalue weighted by molar-refractivity contribution is -0.384. The summed E-state index contributed by atoms with van der Waals surface area (Å²) in [6.45, 7) is 2.20. The Morgan fingerprint density at radius 1 is 1.43 bits per heavy atom. The number of aryl methyl sites for hydroxylation is 1. The van der Waals surface area contributed by atoms with Crippen LogP contribution in [0.1, 0.15) is 16.7 Å². The molecular weight excluding hydrogens is 268 g/mol. The quantitative estimate of drug-likeness (QED) is 0.636. The van der Waals surface area contributed by atoms with Gasteiger partial charge >= 0.3 is 5.69 Å². The molecule has 0 aliphatic carbocycles. The average molecular weight is 282 g/mol. The van der Waals surface area contributed by atoms with Crippen LogP contribution in [0.5, 0.6) is 0 Å². The van der Waals surface area contributed by atoms with Crippen molar-refractivity contribution in [1.29, 1.82) is 5.26 Å². The number of rotatable bonds is 4. The van der Waals surface area contributed by atoms with Gasteiger partial charge in [-0.1, -0.05) is 12.1 Å². The molecular formula is C15H14N4O2. The van der Waals surface area contributed by atoms with Crippen LogP contribution in [0, 0.1) is 28.4 Å². The molecule has 0 amide bonds. The van der Waals surface area contributed by atoms with E-state index in [0.29, 0.717) is 17.9 Å². The highest BCUT2D eigenvalue weighted by molar-refractivity contribution is 5.58. The van der Waals surface area contributed by atoms with Gasteiger partial charge in [-0.2, -0.15) is 5.26 Å². The van der Waals surface area contributed by atoms with Gasteiger partial charge in [-0.25, -0.2) is 4.98 Å². The van der Waals surface area contributed by atoms with Crippen LogP contribution in [-0.4, -0.2) is 17.0 Å². The first-order valence-corrected chi connectivity index (χ1v) is 6.32. The zero-order chi connectivity index (χ0) is 15.4. The van der Waals surface area contributed by atoms with Crippen molar-refractivity contribution in [2.75, 3.05) is 11.9 Å². The minimum atomic E-state index is -0.433. The van der Waals surface area contributed by atoms with Gasteiger partial charge in [0.25, 0.3) is 0 Å². The van der Waals surface area contributed by atoms with E-state index in [9.17, 15) is 10.1 Å². The molecule has 21 heavy (non-hydrogen) atoms. The summed E-state index contributed by atoms with van der Waals surface area (Å²) < 4.78 is 0. The fourth-order valence-corrected chi connectivity index (χ4v) is 2.06. The van der Waals surface area contributed by atoms with E-state index in [1.165, 1.54) is 6.07 Å². The molecule has 2 rings (SSSR count). The third kappa shape index (κ3) is 3.34. The lowest BCUT2D eigenvalue weighted by Gasteiger charge is -2.18. The molecule has 2 aromatic rings. The maximum Gasteiger partial charge on any atom is 0.311 e. The molecule has 0 N–H and O–H groups in total. The fraction of sp³-hybridized carbons (Fsp3) is 0.200. The minimum Gasteiger partial charge on any atom is -0.350 e. The lowest BCUT2D eigenvalue weighted by Crippen LogP contribution is -2.19. The fourth-order valence-electron chi connectivity index (χ4n) is 2.06. The molecule has 0 bridgehead atoms. The number of nitriles is 1. The number of aromatic nitrogens is 1. The molecule has 0 spiro atoms. The van der Waals surface area contributed by atoms with Gasteiger partial charge in [-0.15, -0.1) is 0 Å². The molecule has 0 aliphatic heterocycles. The standard InChI is InChI=1S/C15H14N4O2/c1-11-6-14(19(20)21)15(17-9-11)18(2)10-13-5-3-4-12(7-13)8-16/h3-7,9H,10H2,1-2H3. The number of nitro groups is 1. The maximum absolute atomic E-state index is 11.1. The van der Waals surface area contributed by atoms with E-state index < -0.39 is 4.92 Å². The van der Waals surface area contributed by atoms with Crippen molar-refractivity contribution in [3.63, 3.8) is 0 Å². The summed E-state index contributed by atoms with van der Waals surface area (Å²) in [5, 5.41) is 20.0. The molecule has 0 radical (unpaired) electrons. The SMILES string of the molecule is Cc1cnc(N(C)Cc2cccc(C#N)c2)c([N+](=O)[O-])c1. The number of hydrogen-bond donors (Lipinski definition) is 0. The molecule has 0 saturated heterocycles. The van der Waals surface area contributed by atoms with Gasteiger partial charge in [0.2, 0.25) is 5.82 Å². The first-order chi connectivity index (χ1) is 10.0. The third-order valence-electron chi connectivity index (χ3n) is 3.02. The van der Waals surface area contributed by atoms with Gasteiger partial charge in [-0.05, 0) is 30.2 Å². The van der Waals surface area contributed by atoms with Crippen LogP contribution in [0.15, 0.2) is 36.5 Å². The molecule has 0 unspecified atom stereocenters. The van der Waals surface area contributed by atoms with E-state index in [1.807, 2.05) is 6.07 Å². The Morgan fingerprint density at radius 3 is 2.86 bits per heavy atom. The van der Waals surface area contributed by atoms with Gasteiger partial charge in [-0.3, -0.25) is 10.1 Å². The monoisotopic (exact) mass is 282 g/mol. The number of anilines is 1. The van der Waals surface area contributed by atoms with Gasteiger partial charge in [0, 0.05) is 25.9 Å². The van der Waals surface area contributed by atoms with Crippen molar-refractivity contribution in [3.05, 3.63) is 63.3 Å². The molecule has 0 aliphatic rings. The summed E-state index contributed by atoms with van der Waals surface area (Å²) in [5.74, 6) is 0.313. The van der Waals surface area contributed by atoms with Gasteiger partial charge in [0.1, 0.15) is 0 Å². The summed E-state index contributed by atoms with van der Waals surface area (Å²) >= 11 is 0. The largest absolute Gasteiger partial charge is 0.350 e. The van der Waals surface area contributed by atoms with Crippen molar-refractivity contribution < 1.29 is 4.92 Å². The van der Waals surface area contributed by atoms with E-state index in [2.05, 4.69) is 11.1 Å². The Kier molecular flexibility index (Phi) is 4.14. The predicted molar refractivity (Wildman–Crippen MR) is 78.9 cm³/mol. The minimum absolute atomic E-state index is 0.0195. The molecule has 6 nitrogen and oxygen atoms in total. The van der Waals surface area contributed by atoms with Crippen molar-refractivity contribution in [2.45, 2.75) is 13.5 Å². The van der Waals surface area contributed by atoms with Crippen LogP contribution in [0.25, 0.3) is 0 Å². The Balaban J connectivity index is 2.30. The summed E-state index contributed by atoms with van der Waals surface area (Å²) in [6, 6.07) is 10.7. The van der Waals surface area contributed by atoms with Crippen LogP contribution >= 0.6 is 0 Å². The molecule has 0 atom stereocenters. The smallest absolute Gasteiger partial charge is 0.311 e. The normalized spacial score (nSPS) is 9.95. The van der Waals surface area contributed by atoms with Gasteiger partial charge in [0.05, 0.1) is 16.6 Å². The van der Waals surface area contributed by atoms with Crippen molar-refractivity contribution >= 4 is 11.5 Å². The molecule has 1 aromatic carbocycles. The molecule has 106 valence electrons. The molecule has 6 heteroatoms. The average Bonchev–Trinajstić information content (AvgIpc) is 2.47. The lowest BCUT2D eigenvalue weighted by atomic mass is 10.1. The van der Waals surface area contributed by atoms with Crippen LogP contribution < -0.4 is 4.90 Å². The van der Waals surface area contributed by atoms with Crippen LogP contribution in [0.4, 0.5) is 11.5 Å². The number of nitrogens with zero attached hydrogens (tertiary/aromatic N) is 4. The summed E-state index contributed by atoms with van der Waals surface area (Å²) in [4.78, 5) is 16.6. The van der Waals surface area contributed by atoms with Crippen molar-refractivity contribution in [2.24, 2.45) is 0 Å². The zero-order valence-corrected chi connectivity index (χ0v) is 11.8. The molecule has 0 saturated carbocycles. The summed E-state index contributed by atoms with van der Waals surface area (Å²) in [5.41, 5.74) is 2.18. The van der Waals surface area contributed by atoms with Crippen LogP contribution in [-0.2, 0) is 6.54 Å².